The zero-order valence-electron chi connectivity index (χ0n) is 87.0. The minimum absolute atomic E-state index is 0.545. The molecule has 20 heteroatoms. The quantitative estimate of drug-likeness (QED) is 0.0371. The molecule has 7 heterocycles. The van der Waals surface area contributed by atoms with Gasteiger partial charge in [-0.15, -0.1) is 0 Å². The van der Waals surface area contributed by atoms with Crippen molar-refractivity contribution in [3.8, 4) is 0 Å². The largest absolute Gasteiger partial charge is 0.385 e. The number of methoxy groups -OCH3 is 1. The number of rotatable bonds is 49. The fourth-order valence-electron chi connectivity index (χ4n) is 17.4. The highest BCUT2D eigenvalue weighted by Crippen LogP contribution is 2.29. The fourth-order valence-corrected chi connectivity index (χ4v) is 17.4. The van der Waals surface area contributed by atoms with Crippen LogP contribution in [0.1, 0.15) is 305 Å². The summed E-state index contributed by atoms with van der Waals surface area (Å²) in [5.41, 5.74) is 0. The molecule has 8 fully saturated rings. The molecule has 0 unspecified atom stereocenters. The van der Waals surface area contributed by atoms with Crippen LogP contribution in [-0.4, -0.2) is 409 Å². The number of likely N-dealkylation sites (tertiary alicyclic amines) is 2. The fraction of sp³-hybridized carbons (Fsp3) is 1.00. The first-order chi connectivity index (χ1) is 58.6. The lowest BCUT2D eigenvalue weighted by molar-refractivity contribution is -0.0627. The molecule has 20 nitrogen and oxygen atoms in total. The van der Waals surface area contributed by atoms with Crippen molar-refractivity contribution in [3.63, 3.8) is 0 Å². The van der Waals surface area contributed by atoms with Gasteiger partial charge in [-0.1, -0.05) is 113 Å². The van der Waals surface area contributed by atoms with Crippen molar-refractivity contribution in [1.29, 1.82) is 0 Å². The zero-order chi connectivity index (χ0) is 90.3. The molecular formula is C102H222N18O2. The average Bonchev–Trinajstić information content (AvgIpc) is 0.901. The summed E-state index contributed by atoms with van der Waals surface area (Å²) in [5, 5.41) is 16.8. The van der Waals surface area contributed by atoms with Crippen molar-refractivity contribution in [1.82, 2.24) is 90.3 Å². The Labute approximate surface area is 763 Å². The molecule has 8 aliphatic rings. The van der Waals surface area contributed by atoms with E-state index in [1.54, 1.807) is 7.11 Å². The first-order valence-corrected chi connectivity index (χ1v) is 52.6. The third kappa shape index (κ3) is 67.4. The summed E-state index contributed by atoms with van der Waals surface area (Å²) >= 11 is 0. The highest BCUT2D eigenvalue weighted by molar-refractivity contribution is 4.82. The van der Waals surface area contributed by atoms with Gasteiger partial charge in [0.2, 0.25) is 0 Å². The Morgan fingerprint density at radius 2 is 0.697 bits per heavy atom. The predicted octanol–water partition coefficient (Wildman–Crippen LogP) is 15.8. The molecule has 0 amide bonds. The molecule has 0 atom stereocenters. The number of hydrogen-bond acceptors (Lipinski definition) is 20. The van der Waals surface area contributed by atoms with Crippen molar-refractivity contribution in [2.24, 2.45) is 17.8 Å². The van der Waals surface area contributed by atoms with Crippen LogP contribution in [0.2, 0.25) is 0 Å². The van der Waals surface area contributed by atoms with E-state index >= 15 is 0 Å². The molecule has 0 bridgehead atoms. The van der Waals surface area contributed by atoms with Crippen LogP contribution in [0.15, 0.2) is 0 Å². The van der Waals surface area contributed by atoms with Gasteiger partial charge in [0.1, 0.15) is 0 Å². The number of nitrogens with one attached hydrogen (secondary N) is 5. The van der Waals surface area contributed by atoms with Crippen LogP contribution < -0.4 is 26.6 Å². The third-order valence-electron chi connectivity index (χ3n) is 27.3. The average molecular weight is 1730 g/mol. The van der Waals surface area contributed by atoms with E-state index < -0.39 is 0 Å². The number of piperidine rings is 2. The molecule has 0 aromatic carbocycles. The minimum Gasteiger partial charge on any atom is -0.385 e. The summed E-state index contributed by atoms with van der Waals surface area (Å²) in [4.78, 5) is 33.2. The van der Waals surface area contributed by atoms with E-state index in [2.05, 4.69) is 243 Å². The first-order valence-electron chi connectivity index (χ1n) is 52.6. The second-order valence-corrected chi connectivity index (χ2v) is 40.8. The SMILES string of the molecule is CC(C)N1CCC(CCN2CCN(C)CC2)CC1.CC(C)NCCCCN1CCN(C)CC1.CC1CCC(OC2CCN(C(C)C)CC2)CC1.CCCCCCCCC(C)C.CCCCCNCCN1CCN(C(C)C)CC1.CNCCCCCN(C)C(C)C.CNCCCCN1CCN(C(C)C)CC1.COCCCNCCN1CCN(C(C)C)CC1. The Hall–Kier alpha value is -0.800. The molecule has 1 aliphatic carbocycles. The summed E-state index contributed by atoms with van der Waals surface area (Å²) in [5.74, 6) is 2.82. The smallest absolute Gasteiger partial charge is 0.0603 e. The summed E-state index contributed by atoms with van der Waals surface area (Å²) in [7, 11) is 12.4. The minimum atomic E-state index is 0.545. The van der Waals surface area contributed by atoms with Crippen LogP contribution in [0.3, 0.4) is 0 Å². The molecule has 732 valence electrons. The number of piperazine rings is 5. The van der Waals surface area contributed by atoms with Gasteiger partial charge in [-0.25, -0.2) is 0 Å². The van der Waals surface area contributed by atoms with Gasteiger partial charge < -0.3 is 75.3 Å². The predicted molar refractivity (Wildman–Crippen MR) is 539 cm³/mol. The molecule has 7 aliphatic heterocycles. The number of unbranched alkanes of at least 4 members (excludes halogenated alkanes) is 11. The normalized spacial score (nSPS) is 20.8. The highest BCUT2D eigenvalue weighted by Gasteiger charge is 2.28. The number of nitrogens with zero attached hydrogens (tertiary/aromatic N) is 13. The first kappa shape index (κ1) is 119. The van der Waals surface area contributed by atoms with Gasteiger partial charge in [0.05, 0.1) is 12.2 Å². The van der Waals surface area contributed by atoms with Crippen molar-refractivity contribution in [2.75, 3.05) is 291 Å². The summed E-state index contributed by atoms with van der Waals surface area (Å²) < 4.78 is 11.3. The van der Waals surface area contributed by atoms with E-state index in [1.165, 1.54) is 376 Å². The number of hydrogen-bond donors (Lipinski definition) is 5. The molecule has 7 saturated heterocycles. The summed E-state index contributed by atoms with van der Waals surface area (Å²) in [6, 6.07) is 4.89. The maximum Gasteiger partial charge on any atom is 0.0603 e. The molecule has 1 saturated carbocycles. The molecule has 122 heavy (non-hydrogen) atoms. The molecule has 0 aromatic rings. The molecular weight excluding hydrogens is 1510 g/mol. The standard InChI is InChI=1S/C15H31N3.C15H29NO.C14H31N3.C13H29N3O.2C12H27N3.C11H24.C10H24N2/c1-14(2)18-8-5-15(6-9-18)4-7-17-12-10-16(3)11-13-17;1-12(2)16-10-8-15(9-11-16)17-14-6-4-13(3)5-7-14;1-4-5-6-7-15-8-9-16-10-12-17(13-11-16)14(2)3;1-13(2)16-10-8-15(9-11-16)7-6-14-5-4-12-17-3;1-12(2)13-6-4-5-7-15-10-8-14(3)9-11-15;1-12(2)15-10-8-14(9-11-15)7-5-4-6-13-3;1-4-5-6-7-8-9-10-11(2)3;1-10(2)12(4)9-7-5-6-8-11-3/h14-15H,4-13H2,1-3H3;12-15H,4-11H2,1-3H3;14-15H,4-13H2,1-3H3;13-14H,4-12H2,1-3H3;2*12-13H,4-11H2,1-3H3;11H,4-10H2,1-3H3;10-11H,5-9H2,1-4H3. The second kappa shape index (κ2) is 79.9. The van der Waals surface area contributed by atoms with E-state index in [9.17, 15) is 0 Å². The Bertz CT molecular complexity index is 2080. The van der Waals surface area contributed by atoms with Gasteiger partial charge in [0.25, 0.3) is 0 Å². The van der Waals surface area contributed by atoms with Gasteiger partial charge >= 0.3 is 0 Å². The molecule has 5 N–H and O–H groups in total. The molecule has 8 rings (SSSR count). The Kier molecular flexibility index (Phi) is 78.1. The van der Waals surface area contributed by atoms with E-state index in [4.69, 9.17) is 9.47 Å². The number of likely N-dealkylation sites (N-methyl/N-ethyl adjacent to an activating group) is 2. The van der Waals surface area contributed by atoms with Crippen LogP contribution in [0.25, 0.3) is 0 Å². The lowest BCUT2D eigenvalue weighted by atomic mass is 9.88. The third-order valence-corrected chi connectivity index (χ3v) is 27.3. The molecule has 0 radical (unpaired) electrons. The number of ether oxygens (including phenoxy) is 2. The van der Waals surface area contributed by atoms with E-state index in [1.807, 2.05) is 14.1 Å². The van der Waals surface area contributed by atoms with E-state index in [0.29, 0.717) is 42.4 Å². The van der Waals surface area contributed by atoms with Crippen LogP contribution in [0.5, 0.6) is 0 Å². The van der Waals surface area contributed by atoms with Gasteiger partial charge in [0.15, 0.2) is 0 Å². The van der Waals surface area contributed by atoms with E-state index in [-0.39, 0.29) is 0 Å². The van der Waals surface area contributed by atoms with Crippen LogP contribution in [0, 0.1) is 17.8 Å². The van der Waals surface area contributed by atoms with Crippen LogP contribution >= 0.6 is 0 Å². The van der Waals surface area contributed by atoms with Crippen molar-refractivity contribution >= 4 is 0 Å². The van der Waals surface area contributed by atoms with Gasteiger partial charge in [0, 0.05) is 226 Å². The Morgan fingerprint density at radius 1 is 0.344 bits per heavy atom. The van der Waals surface area contributed by atoms with Gasteiger partial charge in [-0.2, -0.15) is 0 Å². The zero-order valence-corrected chi connectivity index (χ0v) is 87.0. The Morgan fingerprint density at radius 3 is 1.11 bits per heavy atom. The molecule has 0 spiro atoms. The van der Waals surface area contributed by atoms with E-state index in [0.717, 1.165) is 75.6 Å². The van der Waals surface area contributed by atoms with Gasteiger partial charge in [-0.05, 0) is 317 Å². The van der Waals surface area contributed by atoms with Crippen molar-refractivity contribution in [2.45, 2.75) is 359 Å². The highest BCUT2D eigenvalue weighted by atomic mass is 16.5. The second-order valence-electron chi connectivity index (χ2n) is 40.8. The topological polar surface area (TPSA) is 121 Å². The van der Waals surface area contributed by atoms with Crippen LogP contribution in [-0.2, 0) is 9.47 Å². The lowest BCUT2D eigenvalue weighted by Gasteiger charge is -2.37. The maximum atomic E-state index is 6.28. The maximum absolute atomic E-state index is 6.28. The summed E-state index contributed by atoms with van der Waals surface area (Å²) in [6.07, 6.45) is 37.6. The van der Waals surface area contributed by atoms with Crippen molar-refractivity contribution in [3.05, 3.63) is 0 Å². The van der Waals surface area contributed by atoms with Crippen molar-refractivity contribution < 1.29 is 9.47 Å². The van der Waals surface area contributed by atoms with Crippen LogP contribution in [0.4, 0.5) is 0 Å². The van der Waals surface area contributed by atoms with Gasteiger partial charge in [-0.3, -0.25) is 24.5 Å². The monoisotopic (exact) mass is 1730 g/mol. The Balaban J connectivity index is 0.000000701. The lowest BCUT2D eigenvalue weighted by Crippen LogP contribution is -2.50. The summed E-state index contributed by atoms with van der Waals surface area (Å²) in [6.45, 7) is 89.9. The molecule has 0 aromatic heterocycles.